The quantitative estimate of drug-likeness (QED) is 0.615. The Hall–Kier alpha value is -2.51. The standard InChI is InChI=1S/C18H22F3N3O2/c1-3-5-11-26-16-15(18(19,20)21)12-22-17(24-16)23-13-6-8-14(9-7-13)25-10-4-2/h6-9,12H,3-5,10-11H2,1-2H3,(H,22,23,24). The number of alkyl halides is 3. The van der Waals surface area contributed by atoms with Crippen LogP contribution in [0.1, 0.15) is 38.7 Å². The average Bonchev–Trinajstić information content (AvgIpc) is 2.60. The fourth-order valence-corrected chi connectivity index (χ4v) is 2.03. The molecule has 0 spiro atoms. The SMILES string of the molecule is CCCCOc1nc(Nc2ccc(OCCC)cc2)ncc1C(F)(F)F. The van der Waals surface area contributed by atoms with Gasteiger partial charge in [-0.3, -0.25) is 0 Å². The molecule has 0 aliphatic rings. The van der Waals surface area contributed by atoms with Gasteiger partial charge in [-0.25, -0.2) is 4.98 Å². The van der Waals surface area contributed by atoms with Crippen LogP contribution in [0.4, 0.5) is 24.8 Å². The van der Waals surface area contributed by atoms with Gasteiger partial charge in [-0.1, -0.05) is 20.3 Å². The minimum Gasteiger partial charge on any atom is -0.494 e. The highest BCUT2D eigenvalue weighted by atomic mass is 19.4. The van der Waals surface area contributed by atoms with Gasteiger partial charge in [-0.15, -0.1) is 0 Å². The zero-order valence-corrected chi connectivity index (χ0v) is 14.8. The van der Waals surface area contributed by atoms with E-state index in [9.17, 15) is 13.2 Å². The summed E-state index contributed by atoms with van der Waals surface area (Å²) in [5.74, 6) is 0.285. The molecule has 0 atom stereocenters. The lowest BCUT2D eigenvalue weighted by molar-refractivity contribution is -0.139. The summed E-state index contributed by atoms with van der Waals surface area (Å²) < 4.78 is 49.9. The summed E-state index contributed by atoms with van der Waals surface area (Å²) in [7, 11) is 0. The minimum atomic E-state index is -4.57. The molecule has 0 radical (unpaired) electrons. The molecule has 8 heteroatoms. The molecule has 0 aliphatic carbocycles. The van der Waals surface area contributed by atoms with Crippen LogP contribution < -0.4 is 14.8 Å². The zero-order chi connectivity index (χ0) is 19.0. The Morgan fingerprint density at radius 1 is 1.00 bits per heavy atom. The number of nitrogens with one attached hydrogen (secondary N) is 1. The van der Waals surface area contributed by atoms with E-state index < -0.39 is 17.6 Å². The Balaban J connectivity index is 2.14. The molecule has 1 heterocycles. The number of ether oxygens (including phenoxy) is 2. The second kappa shape index (κ2) is 9.26. The van der Waals surface area contributed by atoms with Crippen molar-refractivity contribution >= 4 is 11.6 Å². The van der Waals surface area contributed by atoms with E-state index in [1.165, 1.54) is 0 Å². The smallest absolute Gasteiger partial charge is 0.423 e. The Morgan fingerprint density at radius 3 is 2.35 bits per heavy atom. The van der Waals surface area contributed by atoms with E-state index in [0.717, 1.165) is 19.0 Å². The molecule has 2 aromatic rings. The summed E-state index contributed by atoms with van der Waals surface area (Å²) in [4.78, 5) is 7.63. The summed E-state index contributed by atoms with van der Waals surface area (Å²) >= 11 is 0. The van der Waals surface area contributed by atoms with Crippen LogP contribution in [0.2, 0.25) is 0 Å². The number of nitrogens with zero attached hydrogens (tertiary/aromatic N) is 2. The molecule has 1 N–H and O–H groups in total. The van der Waals surface area contributed by atoms with Gasteiger partial charge in [0.05, 0.1) is 13.2 Å². The first kappa shape index (κ1) is 19.8. The maximum atomic E-state index is 13.1. The number of unbranched alkanes of at least 4 members (excludes halogenated alkanes) is 1. The first-order valence-electron chi connectivity index (χ1n) is 8.51. The summed E-state index contributed by atoms with van der Waals surface area (Å²) in [6.07, 6.45) is -1.48. The van der Waals surface area contributed by atoms with Crippen LogP contribution in [0.25, 0.3) is 0 Å². The van der Waals surface area contributed by atoms with Gasteiger partial charge < -0.3 is 14.8 Å². The van der Waals surface area contributed by atoms with Crippen molar-refractivity contribution in [3.05, 3.63) is 36.0 Å². The summed E-state index contributed by atoms with van der Waals surface area (Å²) in [6, 6.07) is 7.01. The van der Waals surface area contributed by atoms with Crippen LogP contribution in [-0.4, -0.2) is 23.2 Å². The maximum Gasteiger partial charge on any atom is 0.423 e. The van der Waals surface area contributed by atoms with Crippen molar-refractivity contribution in [1.29, 1.82) is 0 Å². The highest BCUT2D eigenvalue weighted by molar-refractivity contribution is 5.55. The van der Waals surface area contributed by atoms with Crippen molar-refractivity contribution in [2.24, 2.45) is 0 Å². The molecule has 26 heavy (non-hydrogen) atoms. The van der Waals surface area contributed by atoms with Gasteiger partial charge in [0.2, 0.25) is 11.8 Å². The monoisotopic (exact) mass is 369 g/mol. The predicted octanol–water partition coefficient (Wildman–Crippen LogP) is 5.21. The molecule has 0 saturated heterocycles. The average molecular weight is 369 g/mol. The minimum absolute atomic E-state index is 0.0340. The predicted molar refractivity (Wildman–Crippen MR) is 92.9 cm³/mol. The van der Waals surface area contributed by atoms with Crippen molar-refractivity contribution in [2.45, 2.75) is 39.3 Å². The van der Waals surface area contributed by atoms with Crippen LogP contribution in [0, 0.1) is 0 Å². The van der Waals surface area contributed by atoms with Crippen LogP contribution in [0.5, 0.6) is 11.6 Å². The van der Waals surface area contributed by atoms with E-state index in [0.29, 0.717) is 24.5 Å². The van der Waals surface area contributed by atoms with E-state index in [1.807, 2.05) is 13.8 Å². The number of benzene rings is 1. The molecule has 0 unspecified atom stereocenters. The number of hydrogen-bond acceptors (Lipinski definition) is 5. The molecule has 1 aromatic carbocycles. The lowest BCUT2D eigenvalue weighted by atomic mass is 10.3. The normalized spacial score (nSPS) is 11.3. The lowest BCUT2D eigenvalue weighted by Crippen LogP contribution is -2.13. The second-order valence-corrected chi connectivity index (χ2v) is 5.61. The zero-order valence-electron chi connectivity index (χ0n) is 14.8. The largest absolute Gasteiger partial charge is 0.494 e. The van der Waals surface area contributed by atoms with E-state index in [2.05, 4.69) is 15.3 Å². The van der Waals surface area contributed by atoms with Crippen LogP contribution in [0.15, 0.2) is 30.5 Å². The van der Waals surface area contributed by atoms with Crippen LogP contribution in [0.3, 0.4) is 0 Å². The molecule has 0 saturated carbocycles. The molecular formula is C18H22F3N3O2. The highest BCUT2D eigenvalue weighted by Crippen LogP contribution is 2.35. The summed E-state index contributed by atoms with van der Waals surface area (Å²) in [5, 5.41) is 2.87. The van der Waals surface area contributed by atoms with Crippen molar-refractivity contribution in [2.75, 3.05) is 18.5 Å². The van der Waals surface area contributed by atoms with Crippen LogP contribution in [-0.2, 0) is 6.18 Å². The van der Waals surface area contributed by atoms with Gasteiger partial charge in [0.1, 0.15) is 11.3 Å². The number of rotatable bonds is 9. The Labute approximate surface area is 150 Å². The van der Waals surface area contributed by atoms with E-state index >= 15 is 0 Å². The third kappa shape index (κ3) is 5.79. The van der Waals surface area contributed by atoms with Gasteiger partial charge in [-0.2, -0.15) is 18.2 Å². The van der Waals surface area contributed by atoms with Crippen molar-refractivity contribution in [3.63, 3.8) is 0 Å². The molecular weight excluding hydrogens is 347 g/mol. The molecule has 0 aliphatic heterocycles. The van der Waals surface area contributed by atoms with E-state index in [1.54, 1.807) is 24.3 Å². The number of aromatic nitrogens is 2. The van der Waals surface area contributed by atoms with Crippen LogP contribution >= 0.6 is 0 Å². The summed E-state index contributed by atoms with van der Waals surface area (Å²) in [6.45, 7) is 4.72. The highest BCUT2D eigenvalue weighted by Gasteiger charge is 2.36. The van der Waals surface area contributed by atoms with Gasteiger partial charge in [-0.05, 0) is 37.1 Å². The van der Waals surface area contributed by atoms with Crippen molar-refractivity contribution < 1.29 is 22.6 Å². The first-order valence-corrected chi connectivity index (χ1v) is 8.51. The van der Waals surface area contributed by atoms with Crippen molar-refractivity contribution in [3.8, 4) is 11.6 Å². The van der Waals surface area contributed by atoms with Gasteiger partial charge in [0.25, 0.3) is 0 Å². The van der Waals surface area contributed by atoms with Gasteiger partial charge in [0, 0.05) is 11.9 Å². The second-order valence-electron chi connectivity index (χ2n) is 5.61. The van der Waals surface area contributed by atoms with Crippen molar-refractivity contribution in [1.82, 2.24) is 9.97 Å². The summed E-state index contributed by atoms with van der Waals surface area (Å²) in [5.41, 5.74) is -0.351. The number of halogens is 3. The number of hydrogen-bond donors (Lipinski definition) is 1. The van der Waals surface area contributed by atoms with E-state index in [4.69, 9.17) is 9.47 Å². The van der Waals surface area contributed by atoms with Gasteiger partial charge in [0.15, 0.2) is 0 Å². The fourth-order valence-electron chi connectivity index (χ4n) is 2.03. The Morgan fingerprint density at radius 2 is 1.73 bits per heavy atom. The Bertz CT molecular complexity index is 691. The fraction of sp³-hybridized carbons (Fsp3) is 0.444. The first-order chi connectivity index (χ1) is 12.4. The molecule has 5 nitrogen and oxygen atoms in total. The molecule has 2 rings (SSSR count). The molecule has 0 fully saturated rings. The van der Waals surface area contributed by atoms with Gasteiger partial charge >= 0.3 is 6.18 Å². The lowest BCUT2D eigenvalue weighted by Gasteiger charge is -2.14. The molecule has 1 aromatic heterocycles. The molecule has 0 bridgehead atoms. The molecule has 142 valence electrons. The third-order valence-electron chi connectivity index (χ3n) is 3.38. The third-order valence-corrected chi connectivity index (χ3v) is 3.38. The van der Waals surface area contributed by atoms with E-state index in [-0.39, 0.29) is 12.6 Å². The number of anilines is 2. The Kier molecular flexibility index (Phi) is 7.06. The molecule has 0 amide bonds. The topological polar surface area (TPSA) is 56.3 Å². The maximum absolute atomic E-state index is 13.1.